The highest BCUT2D eigenvalue weighted by molar-refractivity contribution is 9.10. The average molecular weight is 302 g/mol. The maximum Gasteiger partial charge on any atom is 0.0317 e. The van der Waals surface area contributed by atoms with Crippen LogP contribution in [0.25, 0.3) is 6.08 Å². The number of aryl methyl sites for hydroxylation is 1. The van der Waals surface area contributed by atoms with Crippen LogP contribution < -0.4 is 5.32 Å². The molecule has 0 atom stereocenters. The molecule has 1 rings (SSSR count). The topological polar surface area (TPSA) is 12.0 Å². The SMILES string of the molecule is CC(=Cc1cc(Br)c(C)s1)CNCC(C)C. The number of halogens is 1. The first kappa shape index (κ1) is 13.9. The number of hydrogen-bond acceptors (Lipinski definition) is 2. The Morgan fingerprint density at radius 2 is 2.25 bits per heavy atom. The van der Waals surface area contributed by atoms with Crippen LogP contribution in [0.4, 0.5) is 0 Å². The number of hydrogen-bond donors (Lipinski definition) is 1. The van der Waals surface area contributed by atoms with Crippen molar-refractivity contribution in [1.29, 1.82) is 0 Å². The summed E-state index contributed by atoms with van der Waals surface area (Å²) in [5.74, 6) is 0.714. The molecule has 16 heavy (non-hydrogen) atoms. The van der Waals surface area contributed by atoms with E-state index >= 15 is 0 Å². The average Bonchev–Trinajstić information content (AvgIpc) is 2.44. The predicted molar refractivity (Wildman–Crippen MR) is 78.1 cm³/mol. The van der Waals surface area contributed by atoms with E-state index in [2.05, 4.69) is 61.1 Å². The fraction of sp³-hybridized carbons (Fsp3) is 0.538. The van der Waals surface area contributed by atoms with E-state index in [1.807, 2.05) is 11.3 Å². The lowest BCUT2D eigenvalue weighted by Crippen LogP contribution is -2.21. The van der Waals surface area contributed by atoms with Crippen molar-refractivity contribution in [3.8, 4) is 0 Å². The summed E-state index contributed by atoms with van der Waals surface area (Å²) in [5.41, 5.74) is 1.38. The molecule has 0 saturated carbocycles. The van der Waals surface area contributed by atoms with Gasteiger partial charge >= 0.3 is 0 Å². The van der Waals surface area contributed by atoms with Gasteiger partial charge < -0.3 is 5.32 Å². The van der Waals surface area contributed by atoms with Crippen LogP contribution in [0, 0.1) is 12.8 Å². The molecule has 1 aromatic rings. The Kier molecular flexibility index (Phi) is 5.73. The molecule has 0 aliphatic heterocycles. The first-order valence-corrected chi connectivity index (χ1v) is 7.24. The predicted octanol–water partition coefficient (Wildman–Crippen LogP) is 4.47. The Bertz CT molecular complexity index is 347. The molecule has 0 spiro atoms. The molecular weight excluding hydrogens is 282 g/mol. The van der Waals surface area contributed by atoms with Crippen molar-refractivity contribution in [2.45, 2.75) is 27.7 Å². The maximum atomic E-state index is 3.54. The molecule has 1 nitrogen and oxygen atoms in total. The summed E-state index contributed by atoms with van der Waals surface area (Å²) in [7, 11) is 0. The zero-order chi connectivity index (χ0) is 12.1. The smallest absolute Gasteiger partial charge is 0.0317 e. The zero-order valence-electron chi connectivity index (χ0n) is 10.4. The van der Waals surface area contributed by atoms with Gasteiger partial charge in [-0.15, -0.1) is 11.3 Å². The molecule has 0 aromatic carbocycles. The van der Waals surface area contributed by atoms with Crippen molar-refractivity contribution in [1.82, 2.24) is 5.32 Å². The minimum absolute atomic E-state index is 0.714. The van der Waals surface area contributed by atoms with Crippen LogP contribution in [-0.2, 0) is 0 Å². The molecule has 1 aromatic heterocycles. The monoisotopic (exact) mass is 301 g/mol. The van der Waals surface area contributed by atoms with Crippen molar-refractivity contribution in [2.75, 3.05) is 13.1 Å². The Labute approximate surface area is 111 Å². The highest BCUT2D eigenvalue weighted by atomic mass is 79.9. The second-order valence-electron chi connectivity index (χ2n) is 4.57. The summed E-state index contributed by atoms with van der Waals surface area (Å²) in [6.45, 7) is 10.8. The lowest BCUT2D eigenvalue weighted by Gasteiger charge is -2.07. The Morgan fingerprint density at radius 1 is 1.56 bits per heavy atom. The summed E-state index contributed by atoms with van der Waals surface area (Å²) < 4.78 is 1.21. The third-order valence-electron chi connectivity index (χ3n) is 2.22. The molecule has 0 radical (unpaired) electrons. The van der Waals surface area contributed by atoms with Gasteiger partial charge in [0.1, 0.15) is 0 Å². The van der Waals surface area contributed by atoms with Crippen molar-refractivity contribution >= 4 is 33.3 Å². The molecule has 1 N–H and O–H groups in total. The van der Waals surface area contributed by atoms with Crippen LogP contribution in [0.15, 0.2) is 16.1 Å². The third-order valence-corrected chi connectivity index (χ3v) is 4.30. The van der Waals surface area contributed by atoms with Crippen molar-refractivity contribution in [3.05, 3.63) is 25.9 Å². The first-order chi connectivity index (χ1) is 7.49. The fourth-order valence-electron chi connectivity index (χ4n) is 1.40. The van der Waals surface area contributed by atoms with E-state index in [-0.39, 0.29) is 0 Å². The van der Waals surface area contributed by atoms with Crippen LogP contribution in [0.3, 0.4) is 0 Å². The summed E-state index contributed by atoms with van der Waals surface area (Å²) >= 11 is 5.37. The summed E-state index contributed by atoms with van der Waals surface area (Å²) in [6, 6.07) is 2.19. The second-order valence-corrected chi connectivity index (χ2v) is 6.71. The molecule has 3 heteroatoms. The molecule has 1 heterocycles. The molecule has 0 unspecified atom stereocenters. The fourth-order valence-corrected chi connectivity index (χ4v) is 2.99. The van der Waals surface area contributed by atoms with Crippen LogP contribution >= 0.6 is 27.3 Å². The Morgan fingerprint density at radius 3 is 2.75 bits per heavy atom. The van der Waals surface area contributed by atoms with E-state index in [1.54, 1.807) is 0 Å². The van der Waals surface area contributed by atoms with Gasteiger partial charge in [0, 0.05) is 20.8 Å². The largest absolute Gasteiger partial charge is 0.313 e. The van der Waals surface area contributed by atoms with Gasteiger partial charge in [-0.2, -0.15) is 0 Å². The molecule has 0 saturated heterocycles. The number of thiophene rings is 1. The van der Waals surface area contributed by atoms with Gasteiger partial charge in [0.2, 0.25) is 0 Å². The Hall–Kier alpha value is -0.120. The summed E-state index contributed by atoms with van der Waals surface area (Å²) in [4.78, 5) is 2.67. The molecule has 0 aliphatic rings. The number of nitrogens with one attached hydrogen (secondary N) is 1. The van der Waals surface area contributed by atoms with E-state index in [1.165, 1.54) is 19.8 Å². The molecule has 0 aliphatic carbocycles. The lowest BCUT2D eigenvalue weighted by molar-refractivity contribution is 0.572. The van der Waals surface area contributed by atoms with Gasteiger partial charge in [-0.05, 0) is 54.4 Å². The standard InChI is InChI=1S/C13H20BrNS/c1-9(2)7-15-8-10(3)5-12-6-13(14)11(4)16-12/h5-6,9,15H,7-8H2,1-4H3. The van der Waals surface area contributed by atoms with Crippen LogP contribution in [0.5, 0.6) is 0 Å². The van der Waals surface area contributed by atoms with Crippen molar-refractivity contribution in [3.63, 3.8) is 0 Å². The molecule has 90 valence electrons. The zero-order valence-corrected chi connectivity index (χ0v) is 12.8. The van der Waals surface area contributed by atoms with Gasteiger partial charge in [0.05, 0.1) is 0 Å². The highest BCUT2D eigenvalue weighted by Crippen LogP contribution is 2.27. The molecular formula is C13H20BrNS. The van der Waals surface area contributed by atoms with Gasteiger partial charge in [0.15, 0.2) is 0 Å². The Balaban J connectivity index is 2.49. The number of rotatable bonds is 5. The van der Waals surface area contributed by atoms with E-state index < -0.39 is 0 Å². The molecule has 0 amide bonds. The van der Waals surface area contributed by atoms with E-state index in [4.69, 9.17) is 0 Å². The van der Waals surface area contributed by atoms with Gasteiger partial charge in [-0.25, -0.2) is 0 Å². The van der Waals surface area contributed by atoms with E-state index in [0.29, 0.717) is 5.92 Å². The third kappa shape index (κ3) is 4.81. The van der Waals surface area contributed by atoms with Gasteiger partial charge in [-0.3, -0.25) is 0 Å². The highest BCUT2D eigenvalue weighted by Gasteiger charge is 2.01. The van der Waals surface area contributed by atoms with Crippen LogP contribution in [0.1, 0.15) is 30.5 Å². The quantitative estimate of drug-likeness (QED) is 0.846. The summed E-state index contributed by atoms with van der Waals surface area (Å²) in [6.07, 6.45) is 2.26. The first-order valence-electron chi connectivity index (χ1n) is 5.63. The molecule has 0 bridgehead atoms. The van der Waals surface area contributed by atoms with Crippen molar-refractivity contribution in [2.24, 2.45) is 5.92 Å². The molecule has 0 fully saturated rings. The summed E-state index contributed by atoms with van der Waals surface area (Å²) in [5, 5.41) is 3.45. The van der Waals surface area contributed by atoms with Gasteiger partial charge in [-0.1, -0.05) is 19.4 Å². The van der Waals surface area contributed by atoms with E-state index in [9.17, 15) is 0 Å². The lowest BCUT2D eigenvalue weighted by atomic mass is 10.2. The van der Waals surface area contributed by atoms with Crippen molar-refractivity contribution < 1.29 is 0 Å². The minimum Gasteiger partial charge on any atom is -0.313 e. The van der Waals surface area contributed by atoms with Crippen LogP contribution in [-0.4, -0.2) is 13.1 Å². The van der Waals surface area contributed by atoms with Crippen LogP contribution in [0.2, 0.25) is 0 Å². The minimum atomic E-state index is 0.714. The normalized spacial score (nSPS) is 12.5. The van der Waals surface area contributed by atoms with Gasteiger partial charge in [0.25, 0.3) is 0 Å². The maximum absolute atomic E-state index is 3.54. The second kappa shape index (κ2) is 6.58. The van der Waals surface area contributed by atoms with E-state index in [0.717, 1.165) is 13.1 Å².